The lowest BCUT2D eigenvalue weighted by Crippen LogP contribution is -2.52. The van der Waals surface area contributed by atoms with Gasteiger partial charge in [-0.05, 0) is 68.2 Å². The maximum absolute atomic E-state index is 14.7. The van der Waals surface area contributed by atoms with Crippen LogP contribution in [0.25, 0.3) is 33.6 Å². The molecular formula is C30H27FN2O3. The topological polar surface area (TPSA) is 72.2 Å². The third kappa shape index (κ3) is 3.55. The number of hydrogen-bond donors (Lipinski definition) is 1. The van der Waals surface area contributed by atoms with Gasteiger partial charge in [-0.2, -0.15) is 0 Å². The molecule has 6 heteroatoms. The normalized spacial score (nSPS) is 20.1. The van der Waals surface area contributed by atoms with E-state index in [1.807, 2.05) is 44.2 Å². The van der Waals surface area contributed by atoms with E-state index in [2.05, 4.69) is 10.3 Å². The van der Waals surface area contributed by atoms with Crippen LogP contribution in [0.4, 0.5) is 4.39 Å². The Hall–Kier alpha value is -3.80. The zero-order valence-electron chi connectivity index (χ0n) is 20.6. The van der Waals surface area contributed by atoms with Crippen LogP contribution in [0.5, 0.6) is 0 Å². The fourth-order valence-corrected chi connectivity index (χ4v) is 5.88. The lowest BCUT2D eigenvalue weighted by Gasteiger charge is -2.62. The number of aryl methyl sites for hydroxylation is 2. The van der Waals surface area contributed by atoms with Crippen LogP contribution in [-0.4, -0.2) is 23.7 Å². The number of benzene rings is 2. The number of Topliss-reactive ketones (excluding diaryl/α,β-unsaturated/α-hetero) is 1. The van der Waals surface area contributed by atoms with E-state index in [-0.39, 0.29) is 22.7 Å². The third-order valence-corrected chi connectivity index (χ3v) is 7.92. The van der Waals surface area contributed by atoms with Crippen molar-refractivity contribution in [1.29, 1.82) is 0 Å². The Balaban J connectivity index is 1.45. The zero-order valence-corrected chi connectivity index (χ0v) is 20.6. The predicted octanol–water partition coefficient (Wildman–Crippen LogP) is 6.65. The molecule has 3 fully saturated rings. The molecule has 0 spiro atoms. The molecule has 5 nitrogen and oxygen atoms in total. The summed E-state index contributed by atoms with van der Waals surface area (Å²) in [6.45, 7) is 3.84. The van der Waals surface area contributed by atoms with Gasteiger partial charge in [0.1, 0.15) is 11.6 Å². The monoisotopic (exact) mass is 482 g/mol. The molecule has 0 atom stereocenters. The number of furan rings is 1. The number of fused-ring (bicyclic) bond motifs is 1. The summed E-state index contributed by atoms with van der Waals surface area (Å²) in [6, 6.07) is 14.2. The van der Waals surface area contributed by atoms with Gasteiger partial charge in [0, 0.05) is 30.3 Å². The number of carbonyl (C=O) groups is 2. The van der Waals surface area contributed by atoms with Crippen molar-refractivity contribution in [1.82, 2.24) is 10.3 Å². The molecule has 1 amide bonds. The Labute approximate surface area is 208 Å². The van der Waals surface area contributed by atoms with Crippen molar-refractivity contribution >= 4 is 22.8 Å². The highest BCUT2D eigenvalue weighted by atomic mass is 19.1. The summed E-state index contributed by atoms with van der Waals surface area (Å²) in [5.41, 5.74) is 4.93. The molecule has 0 saturated heterocycles. The molecule has 4 aromatic rings. The van der Waals surface area contributed by atoms with Crippen molar-refractivity contribution in [3.8, 4) is 22.5 Å². The van der Waals surface area contributed by atoms with Crippen molar-refractivity contribution < 1.29 is 18.4 Å². The van der Waals surface area contributed by atoms with Crippen LogP contribution in [0, 0.1) is 31.0 Å². The molecule has 0 aliphatic heterocycles. The first-order valence-corrected chi connectivity index (χ1v) is 12.3. The minimum absolute atomic E-state index is 0.103. The van der Waals surface area contributed by atoms with Gasteiger partial charge < -0.3 is 9.73 Å². The van der Waals surface area contributed by atoms with Gasteiger partial charge in [0.25, 0.3) is 5.91 Å². The minimum Gasteiger partial charge on any atom is -0.437 e. The quantitative estimate of drug-likeness (QED) is 0.312. The molecule has 2 aromatic heterocycles. The number of ketones is 1. The van der Waals surface area contributed by atoms with Crippen molar-refractivity contribution in [2.24, 2.45) is 11.3 Å². The van der Waals surface area contributed by atoms with Crippen molar-refractivity contribution in [2.75, 3.05) is 7.05 Å². The second-order valence-corrected chi connectivity index (χ2v) is 10.5. The standard InChI is InChI=1S/C30H27FN2O3/c1-16-4-6-19(7-5-16)27-26(28(35)32-3)23-11-21(17(2)33-29(23)36-27)20-8-9-24(31)22(10-20)25(34)15-30-12-18(13-30)14-30/h4-11,18H,12-15H2,1-3H3,(H,32,35). The van der Waals surface area contributed by atoms with E-state index < -0.39 is 5.82 Å². The van der Waals surface area contributed by atoms with Gasteiger partial charge in [-0.1, -0.05) is 35.9 Å². The van der Waals surface area contributed by atoms with Crippen LogP contribution in [0.2, 0.25) is 0 Å². The van der Waals surface area contributed by atoms with Crippen molar-refractivity contribution in [3.05, 3.63) is 76.7 Å². The van der Waals surface area contributed by atoms with E-state index in [1.54, 1.807) is 19.2 Å². The lowest BCUT2D eigenvalue weighted by atomic mass is 9.43. The van der Waals surface area contributed by atoms with Gasteiger partial charge in [-0.25, -0.2) is 9.37 Å². The van der Waals surface area contributed by atoms with E-state index in [0.29, 0.717) is 40.1 Å². The molecular weight excluding hydrogens is 455 g/mol. The summed E-state index contributed by atoms with van der Waals surface area (Å²) in [6.07, 6.45) is 3.67. The number of nitrogens with zero attached hydrogens (tertiary/aromatic N) is 1. The molecule has 3 aliphatic rings. The van der Waals surface area contributed by atoms with Crippen LogP contribution in [0.1, 0.15) is 57.7 Å². The number of hydrogen-bond acceptors (Lipinski definition) is 4. The van der Waals surface area contributed by atoms with E-state index in [1.165, 1.54) is 6.07 Å². The molecule has 0 radical (unpaired) electrons. The number of rotatable bonds is 6. The van der Waals surface area contributed by atoms with Crippen LogP contribution in [0.3, 0.4) is 0 Å². The number of carbonyl (C=O) groups excluding carboxylic acids is 2. The largest absolute Gasteiger partial charge is 0.437 e. The maximum atomic E-state index is 14.7. The SMILES string of the molecule is CNC(=O)c1c(-c2ccc(C)cc2)oc2nc(C)c(-c3ccc(F)c(C(=O)CC45CC(C4)C5)c3)cc12. The molecule has 36 heavy (non-hydrogen) atoms. The molecule has 2 bridgehead atoms. The summed E-state index contributed by atoms with van der Waals surface area (Å²) >= 11 is 0. The molecule has 182 valence electrons. The Morgan fingerprint density at radius 2 is 1.75 bits per heavy atom. The molecule has 3 aliphatic carbocycles. The number of nitrogens with one attached hydrogen (secondary N) is 1. The lowest BCUT2D eigenvalue weighted by molar-refractivity contribution is -0.103. The van der Waals surface area contributed by atoms with Gasteiger partial charge in [0.05, 0.1) is 16.5 Å². The molecule has 1 N–H and O–H groups in total. The molecule has 2 heterocycles. The molecule has 0 unspecified atom stereocenters. The van der Waals surface area contributed by atoms with Crippen LogP contribution in [-0.2, 0) is 0 Å². The first-order valence-electron chi connectivity index (χ1n) is 12.3. The second kappa shape index (κ2) is 8.12. The van der Waals surface area contributed by atoms with Crippen molar-refractivity contribution in [3.63, 3.8) is 0 Å². The van der Waals surface area contributed by atoms with Gasteiger partial charge in [0.15, 0.2) is 5.78 Å². The summed E-state index contributed by atoms with van der Waals surface area (Å²) < 4.78 is 20.8. The highest BCUT2D eigenvalue weighted by Gasteiger charge is 2.57. The Morgan fingerprint density at radius 3 is 2.39 bits per heavy atom. The van der Waals surface area contributed by atoms with Gasteiger partial charge in [-0.15, -0.1) is 0 Å². The van der Waals surface area contributed by atoms with E-state index in [4.69, 9.17) is 4.42 Å². The fraction of sp³-hybridized carbons (Fsp3) is 0.300. The van der Waals surface area contributed by atoms with Crippen LogP contribution >= 0.6 is 0 Å². The average Bonchev–Trinajstić information content (AvgIpc) is 3.18. The van der Waals surface area contributed by atoms with Crippen molar-refractivity contribution in [2.45, 2.75) is 39.5 Å². The fourth-order valence-electron chi connectivity index (χ4n) is 5.88. The summed E-state index contributed by atoms with van der Waals surface area (Å²) in [7, 11) is 1.58. The summed E-state index contributed by atoms with van der Waals surface area (Å²) in [4.78, 5) is 30.6. The summed E-state index contributed by atoms with van der Waals surface area (Å²) in [5.74, 6) is 0.286. The zero-order chi connectivity index (χ0) is 25.2. The van der Waals surface area contributed by atoms with Crippen LogP contribution < -0.4 is 5.32 Å². The van der Waals surface area contributed by atoms with Gasteiger partial charge >= 0.3 is 0 Å². The highest BCUT2D eigenvalue weighted by molar-refractivity contribution is 6.11. The number of pyridine rings is 1. The Morgan fingerprint density at radius 1 is 1.06 bits per heavy atom. The number of halogens is 1. The smallest absolute Gasteiger partial charge is 0.255 e. The van der Waals surface area contributed by atoms with E-state index in [0.717, 1.165) is 41.9 Å². The minimum atomic E-state index is -0.502. The average molecular weight is 483 g/mol. The molecule has 2 aromatic carbocycles. The maximum Gasteiger partial charge on any atom is 0.255 e. The number of aromatic nitrogens is 1. The highest BCUT2D eigenvalue weighted by Crippen LogP contribution is 2.66. The first kappa shape index (κ1) is 22.7. The van der Waals surface area contributed by atoms with Gasteiger partial charge in [-0.3, -0.25) is 9.59 Å². The molecule has 7 rings (SSSR count). The van der Waals surface area contributed by atoms with E-state index >= 15 is 0 Å². The summed E-state index contributed by atoms with van der Waals surface area (Å²) in [5, 5.41) is 3.27. The second-order valence-electron chi connectivity index (χ2n) is 10.5. The Kier molecular flexibility index (Phi) is 5.11. The Bertz CT molecular complexity index is 1530. The number of amides is 1. The van der Waals surface area contributed by atoms with E-state index in [9.17, 15) is 14.0 Å². The first-order chi connectivity index (χ1) is 17.3. The van der Waals surface area contributed by atoms with Crippen LogP contribution in [0.15, 0.2) is 52.9 Å². The molecule has 3 saturated carbocycles. The third-order valence-electron chi connectivity index (χ3n) is 7.92. The predicted molar refractivity (Wildman–Crippen MR) is 136 cm³/mol. The van der Waals surface area contributed by atoms with Gasteiger partial charge in [0.2, 0.25) is 5.71 Å².